The Labute approximate surface area is 105 Å². The molecule has 0 aromatic heterocycles. The number of carbonyl (C=O) groups is 2. The molecule has 0 radical (unpaired) electrons. The minimum atomic E-state index is -4.93. The van der Waals surface area contributed by atoms with Crippen LogP contribution in [0.1, 0.15) is 12.8 Å². The van der Waals surface area contributed by atoms with Gasteiger partial charge < -0.3 is 14.0 Å². The number of rotatable bonds is 6. The molecule has 0 aliphatic rings. The summed E-state index contributed by atoms with van der Waals surface area (Å²) < 4.78 is 48.7. The summed E-state index contributed by atoms with van der Waals surface area (Å²) in [5, 5.41) is 0. The van der Waals surface area contributed by atoms with Gasteiger partial charge in [-0.2, -0.15) is 13.2 Å². The van der Waals surface area contributed by atoms with Gasteiger partial charge in [-0.1, -0.05) is 0 Å². The van der Waals surface area contributed by atoms with Crippen molar-refractivity contribution in [3.63, 3.8) is 0 Å². The van der Waals surface area contributed by atoms with E-state index in [0.29, 0.717) is 6.29 Å². The molecular formula is C10H17F3O4Si. The first-order chi connectivity index (χ1) is 8.00. The zero-order chi connectivity index (χ0) is 14.6. The van der Waals surface area contributed by atoms with Gasteiger partial charge in [0.25, 0.3) is 5.60 Å². The number of ether oxygens (including phenoxy) is 1. The van der Waals surface area contributed by atoms with Gasteiger partial charge in [0.15, 0.2) is 8.32 Å². The Balaban J connectivity index is 5.55. The van der Waals surface area contributed by atoms with Gasteiger partial charge in [-0.3, -0.25) is 0 Å². The molecule has 1 atom stereocenters. The normalized spacial score (nSPS) is 15.9. The van der Waals surface area contributed by atoms with Gasteiger partial charge in [-0.25, -0.2) is 4.79 Å². The van der Waals surface area contributed by atoms with Crippen molar-refractivity contribution >= 4 is 20.6 Å². The Morgan fingerprint density at radius 3 is 2.06 bits per heavy atom. The van der Waals surface area contributed by atoms with Crippen LogP contribution in [0.5, 0.6) is 0 Å². The Kier molecular flexibility index (Phi) is 5.54. The molecule has 0 aromatic carbocycles. The molecular weight excluding hydrogens is 269 g/mol. The monoisotopic (exact) mass is 286 g/mol. The standard InChI is InChI=1S/C10H17F3O4Si/c1-16-8(15)9(6-5-7-14,10(11,12)13)17-18(2,3)4/h7H,5-6H2,1-4H3. The zero-order valence-electron chi connectivity index (χ0n) is 10.8. The number of methoxy groups -OCH3 is 1. The van der Waals surface area contributed by atoms with E-state index < -0.39 is 38.9 Å². The molecule has 0 fully saturated rings. The average molecular weight is 286 g/mol. The second-order valence-electron chi connectivity index (χ2n) is 4.74. The van der Waals surface area contributed by atoms with Crippen LogP contribution in [0.2, 0.25) is 19.6 Å². The van der Waals surface area contributed by atoms with Crippen LogP contribution >= 0.6 is 0 Å². The van der Waals surface area contributed by atoms with Crippen molar-refractivity contribution in [2.45, 2.75) is 44.3 Å². The van der Waals surface area contributed by atoms with E-state index in [1.54, 1.807) is 0 Å². The summed E-state index contributed by atoms with van der Waals surface area (Å²) in [5.41, 5.74) is -3.05. The van der Waals surface area contributed by atoms with E-state index in [-0.39, 0.29) is 0 Å². The number of esters is 1. The van der Waals surface area contributed by atoms with Gasteiger partial charge in [0.1, 0.15) is 6.29 Å². The summed E-state index contributed by atoms with van der Waals surface area (Å²) in [4.78, 5) is 21.8. The van der Waals surface area contributed by atoms with Crippen LogP contribution in [0, 0.1) is 0 Å². The van der Waals surface area contributed by atoms with Crippen LogP contribution in [0.3, 0.4) is 0 Å². The molecule has 4 nitrogen and oxygen atoms in total. The lowest BCUT2D eigenvalue weighted by molar-refractivity contribution is -0.256. The molecule has 0 aromatic rings. The molecule has 0 saturated carbocycles. The lowest BCUT2D eigenvalue weighted by atomic mass is 9.97. The summed E-state index contributed by atoms with van der Waals surface area (Å²) in [6, 6.07) is 0. The van der Waals surface area contributed by atoms with E-state index in [9.17, 15) is 22.8 Å². The molecule has 106 valence electrons. The quantitative estimate of drug-likeness (QED) is 0.427. The number of aldehydes is 1. The van der Waals surface area contributed by atoms with Crippen molar-refractivity contribution in [2.24, 2.45) is 0 Å². The molecule has 0 saturated heterocycles. The molecule has 0 bridgehead atoms. The van der Waals surface area contributed by atoms with Crippen molar-refractivity contribution in [2.75, 3.05) is 7.11 Å². The summed E-state index contributed by atoms with van der Waals surface area (Å²) >= 11 is 0. The Morgan fingerprint density at radius 2 is 1.78 bits per heavy atom. The third kappa shape index (κ3) is 4.09. The lowest BCUT2D eigenvalue weighted by Crippen LogP contribution is -2.59. The summed E-state index contributed by atoms with van der Waals surface area (Å²) in [7, 11) is -1.81. The average Bonchev–Trinajstić information content (AvgIpc) is 2.19. The first-order valence-electron chi connectivity index (χ1n) is 5.29. The van der Waals surface area contributed by atoms with Gasteiger partial charge in [0, 0.05) is 12.8 Å². The highest BCUT2D eigenvalue weighted by Crippen LogP contribution is 2.40. The Bertz CT molecular complexity index is 311. The Morgan fingerprint density at radius 1 is 1.28 bits per heavy atom. The fraction of sp³-hybridized carbons (Fsp3) is 0.800. The molecule has 18 heavy (non-hydrogen) atoms. The number of hydrogen-bond donors (Lipinski definition) is 0. The van der Waals surface area contributed by atoms with Crippen LogP contribution in [-0.2, 0) is 18.8 Å². The van der Waals surface area contributed by atoms with Crippen LogP contribution in [0.15, 0.2) is 0 Å². The molecule has 8 heteroatoms. The van der Waals surface area contributed by atoms with Crippen molar-refractivity contribution in [1.82, 2.24) is 0 Å². The molecule has 0 heterocycles. The summed E-state index contributed by atoms with van der Waals surface area (Å²) in [6.07, 6.45) is -5.81. The third-order valence-corrected chi connectivity index (χ3v) is 3.03. The highest BCUT2D eigenvalue weighted by Gasteiger charge is 2.63. The summed E-state index contributed by atoms with van der Waals surface area (Å²) in [5.74, 6) is -1.51. The van der Waals surface area contributed by atoms with E-state index in [4.69, 9.17) is 4.43 Å². The molecule has 0 spiro atoms. The molecule has 0 rings (SSSR count). The van der Waals surface area contributed by atoms with Gasteiger partial charge in [-0.15, -0.1) is 0 Å². The highest BCUT2D eigenvalue weighted by atomic mass is 28.4. The van der Waals surface area contributed by atoms with E-state index >= 15 is 0 Å². The predicted molar refractivity (Wildman–Crippen MR) is 60.5 cm³/mol. The number of halogens is 3. The van der Waals surface area contributed by atoms with E-state index in [1.165, 1.54) is 19.6 Å². The molecule has 1 unspecified atom stereocenters. The topological polar surface area (TPSA) is 52.6 Å². The van der Waals surface area contributed by atoms with Crippen LogP contribution in [0.4, 0.5) is 13.2 Å². The largest absolute Gasteiger partial charge is 0.467 e. The van der Waals surface area contributed by atoms with Gasteiger partial charge in [-0.05, 0) is 19.6 Å². The Hall–Kier alpha value is -0.893. The van der Waals surface area contributed by atoms with E-state index in [0.717, 1.165) is 7.11 Å². The van der Waals surface area contributed by atoms with Gasteiger partial charge in [0.05, 0.1) is 7.11 Å². The number of carbonyl (C=O) groups excluding carboxylic acids is 2. The van der Waals surface area contributed by atoms with Crippen molar-refractivity contribution in [1.29, 1.82) is 0 Å². The van der Waals surface area contributed by atoms with Crippen molar-refractivity contribution < 1.29 is 31.9 Å². The van der Waals surface area contributed by atoms with Crippen LogP contribution in [-0.4, -0.2) is 39.5 Å². The van der Waals surface area contributed by atoms with Crippen LogP contribution < -0.4 is 0 Å². The molecule has 0 aliphatic carbocycles. The minimum absolute atomic E-state index is 0.316. The second kappa shape index (κ2) is 5.83. The maximum absolute atomic E-state index is 13.1. The van der Waals surface area contributed by atoms with E-state index in [1.807, 2.05) is 0 Å². The second-order valence-corrected chi connectivity index (χ2v) is 9.17. The first kappa shape index (κ1) is 17.1. The highest BCUT2D eigenvalue weighted by molar-refractivity contribution is 6.70. The molecule has 0 aliphatic heterocycles. The minimum Gasteiger partial charge on any atom is -0.467 e. The fourth-order valence-electron chi connectivity index (χ4n) is 1.46. The fourth-order valence-corrected chi connectivity index (χ4v) is 2.81. The third-order valence-electron chi connectivity index (χ3n) is 2.07. The van der Waals surface area contributed by atoms with Crippen molar-refractivity contribution in [3.8, 4) is 0 Å². The summed E-state index contributed by atoms with van der Waals surface area (Å²) in [6.45, 7) is 4.58. The zero-order valence-corrected chi connectivity index (χ0v) is 11.8. The van der Waals surface area contributed by atoms with Crippen LogP contribution in [0.25, 0.3) is 0 Å². The number of alkyl halides is 3. The number of hydrogen-bond acceptors (Lipinski definition) is 4. The smallest absolute Gasteiger partial charge is 0.427 e. The molecule has 0 amide bonds. The lowest BCUT2D eigenvalue weighted by Gasteiger charge is -2.37. The first-order valence-corrected chi connectivity index (χ1v) is 8.70. The predicted octanol–water partition coefficient (Wildman–Crippen LogP) is 2.29. The van der Waals surface area contributed by atoms with E-state index in [2.05, 4.69) is 4.74 Å². The molecule has 0 N–H and O–H groups in total. The SMILES string of the molecule is COC(=O)C(CCC=O)(O[Si](C)(C)C)C(F)(F)F. The van der Waals surface area contributed by atoms with Gasteiger partial charge >= 0.3 is 12.1 Å². The maximum atomic E-state index is 13.1. The van der Waals surface area contributed by atoms with Crippen molar-refractivity contribution in [3.05, 3.63) is 0 Å². The maximum Gasteiger partial charge on any atom is 0.427 e. The van der Waals surface area contributed by atoms with Gasteiger partial charge in [0.2, 0.25) is 0 Å².